The summed E-state index contributed by atoms with van der Waals surface area (Å²) in [6.07, 6.45) is -0.0885. The van der Waals surface area contributed by atoms with E-state index in [0.717, 1.165) is 11.1 Å². The minimum absolute atomic E-state index is 0.113. The van der Waals surface area contributed by atoms with E-state index in [1.165, 1.54) is 0 Å². The number of aliphatic hydroxyl groups is 1. The first-order valence-electron chi connectivity index (χ1n) is 5.43. The fraction of sp³-hybridized carbons (Fsp3) is 0.500. The molecule has 1 aromatic rings. The van der Waals surface area contributed by atoms with E-state index >= 15 is 0 Å². The van der Waals surface area contributed by atoms with Gasteiger partial charge in [0.05, 0.1) is 17.6 Å². The second kappa shape index (κ2) is 4.18. The summed E-state index contributed by atoms with van der Waals surface area (Å²) in [4.78, 5) is 0. The fourth-order valence-corrected chi connectivity index (χ4v) is 4.03. The van der Waals surface area contributed by atoms with Crippen molar-refractivity contribution >= 4 is 9.84 Å². The van der Waals surface area contributed by atoms with Gasteiger partial charge in [-0.05, 0) is 18.9 Å². The lowest BCUT2D eigenvalue weighted by atomic mass is 9.94. The third kappa shape index (κ3) is 2.44. The fourth-order valence-electron chi connectivity index (χ4n) is 2.20. The minimum atomic E-state index is -2.92. The topological polar surface area (TPSA) is 54.4 Å². The van der Waals surface area contributed by atoms with Gasteiger partial charge in [-0.25, -0.2) is 8.42 Å². The summed E-state index contributed by atoms with van der Waals surface area (Å²) in [5.74, 6) is 0.176. The normalized spacial score (nSPS) is 25.5. The number of aryl methyl sites for hydroxylation is 1. The van der Waals surface area contributed by atoms with Crippen LogP contribution in [0.15, 0.2) is 24.3 Å². The quantitative estimate of drug-likeness (QED) is 0.851. The second-order valence-electron chi connectivity index (χ2n) is 4.52. The molecule has 1 fully saturated rings. The zero-order valence-electron chi connectivity index (χ0n) is 9.26. The molecule has 0 aliphatic carbocycles. The van der Waals surface area contributed by atoms with Crippen molar-refractivity contribution in [2.75, 3.05) is 11.5 Å². The van der Waals surface area contributed by atoms with E-state index in [2.05, 4.69) is 0 Å². The summed E-state index contributed by atoms with van der Waals surface area (Å²) in [6.45, 7) is 1.96. The largest absolute Gasteiger partial charge is 0.388 e. The van der Waals surface area contributed by atoms with Gasteiger partial charge in [0, 0.05) is 5.92 Å². The molecule has 1 aromatic carbocycles. The van der Waals surface area contributed by atoms with Crippen LogP contribution < -0.4 is 0 Å². The summed E-state index contributed by atoms with van der Waals surface area (Å²) >= 11 is 0. The van der Waals surface area contributed by atoms with Gasteiger partial charge in [0.1, 0.15) is 0 Å². The number of benzene rings is 1. The third-order valence-corrected chi connectivity index (χ3v) is 4.89. The first kappa shape index (κ1) is 11.6. The molecule has 2 unspecified atom stereocenters. The van der Waals surface area contributed by atoms with Gasteiger partial charge in [-0.15, -0.1) is 0 Å². The Hall–Kier alpha value is -0.870. The van der Waals surface area contributed by atoms with Crippen LogP contribution in [0.25, 0.3) is 0 Å². The molecule has 0 bridgehead atoms. The van der Waals surface area contributed by atoms with Crippen molar-refractivity contribution in [1.82, 2.24) is 0 Å². The first-order chi connectivity index (χ1) is 7.48. The van der Waals surface area contributed by atoms with E-state index in [9.17, 15) is 13.5 Å². The van der Waals surface area contributed by atoms with Crippen molar-refractivity contribution in [3.05, 3.63) is 35.4 Å². The smallest absolute Gasteiger partial charge is 0.150 e. The molecule has 0 saturated carbocycles. The Morgan fingerprint density at radius 3 is 2.75 bits per heavy atom. The van der Waals surface area contributed by atoms with Gasteiger partial charge in [0.2, 0.25) is 0 Å². The van der Waals surface area contributed by atoms with Gasteiger partial charge in [-0.2, -0.15) is 0 Å². The van der Waals surface area contributed by atoms with Crippen molar-refractivity contribution < 1.29 is 13.5 Å². The first-order valence-corrected chi connectivity index (χ1v) is 7.25. The Balaban J connectivity index is 2.17. The van der Waals surface area contributed by atoms with Gasteiger partial charge in [0.25, 0.3) is 0 Å². The Kier molecular flexibility index (Phi) is 3.04. The number of sulfone groups is 1. The van der Waals surface area contributed by atoms with Crippen LogP contribution in [0.2, 0.25) is 0 Å². The van der Waals surface area contributed by atoms with Crippen molar-refractivity contribution in [3.8, 4) is 0 Å². The molecule has 1 aliphatic heterocycles. The highest BCUT2D eigenvalue weighted by Gasteiger charge is 2.33. The Morgan fingerprint density at radius 2 is 2.19 bits per heavy atom. The van der Waals surface area contributed by atoms with E-state index in [1.807, 2.05) is 31.2 Å². The van der Waals surface area contributed by atoms with Gasteiger partial charge in [0.15, 0.2) is 9.84 Å². The lowest BCUT2D eigenvalue weighted by Gasteiger charge is -2.17. The van der Waals surface area contributed by atoms with Gasteiger partial charge in [-0.1, -0.05) is 29.8 Å². The molecule has 0 amide bonds. The summed E-state index contributed by atoms with van der Waals surface area (Å²) in [6, 6.07) is 7.61. The molecule has 0 spiro atoms. The van der Waals surface area contributed by atoms with Gasteiger partial charge < -0.3 is 5.11 Å². The second-order valence-corrected chi connectivity index (χ2v) is 6.75. The third-order valence-electron chi connectivity index (χ3n) is 3.10. The van der Waals surface area contributed by atoms with Crippen LogP contribution in [0.5, 0.6) is 0 Å². The highest BCUT2D eigenvalue weighted by molar-refractivity contribution is 7.91. The molecule has 1 heterocycles. The summed E-state index contributed by atoms with van der Waals surface area (Å²) in [5.41, 5.74) is 1.90. The molecule has 4 heteroatoms. The molecule has 0 aromatic heterocycles. The van der Waals surface area contributed by atoms with Crippen LogP contribution in [0.4, 0.5) is 0 Å². The number of aliphatic hydroxyl groups excluding tert-OH is 1. The summed E-state index contributed by atoms with van der Waals surface area (Å²) in [5, 5.41) is 10.1. The molecule has 2 rings (SSSR count). The SMILES string of the molecule is Cc1cccc(C(O)C2CCS(=O)(=O)C2)c1. The molecule has 88 valence electrons. The van der Waals surface area contributed by atoms with E-state index < -0.39 is 15.9 Å². The van der Waals surface area contributed by atoms with E-state index in [1.54, 1.807) is 0 Å². The maximum atomic E-state index is 11.3. The Labute approximate surface area is 96.0 Å². The van der Waals surface area contributed by atoms with Crippen molar-refractivity contribution in [2.45, 2.75) is 19.4 Å². The van der Waals surface area contributed by atoms with Crippen LogP contribution in [-0.2, 0) is 9.84 Å². The molecular formula is C12H16O3S. The minimum Gasteiger partial charge on any atom is -0.388 e. The molecule has 0 radical (unpaired) electrons. The summed E-state index contributed by atoms with van der Waals surface area (Å²) in [7, 11) is -2.92. The number of hydrogen-bond acceptors (Lipinski definition) is 3. The maximum Gasteiger partial charge on any atom is 0.150 e. The molecule has 1 saturated heterocycles. The van der Waals surface area contributed by atoms with Crippen molar-refractivity contribution in [3.63, 3.8) is 0 Å². The van der Waals surface area contributed by atoms with Crippen molar-refractivity contribution in [1.29, 1.82) is 0 Å². The predicted octanol–water partition coefficient (Wildman–Crippen LogP) is 1.46. The highest BCUT2D eigenvalue weighted by atomic mass is 32.2. The lowest BCUT2D eigenvalue weighted by molar-refractivity contribution is 0.121. The zero-order valence-corrected chi connectivity index (χ0v) is 10.1. The van der Waals surface area contributed by atoms with E-state index in [4.69, 9.17) is 0 Å². The van der Waals surface area contributed by atoms with Crippen LogP contribution >= 0.6 is 0 Å². The molecule has 2 atom stereocenters. The molecule has 16 heavy (non-hydrogen) atoms. The highest BCUT2D eigenvalue weighted by Crippen LogP contribution is 2.31. The molecule has 1 aliphatic rings. The maximum absolute atomic E-state index is 11.3. The molecule has 1 N–H and O–H groups in total. The van der Waals surface area contributed by atoms with Gasteiger partial charge in [-0.3, -0.25) is 0 Å². The van der Waals surface area contributed by atoms with Gasteiger partial charge >= 0.3 is 0 Å². The average molecular weight is 240 g/mol. The Morgan fingerprint density at radius 1 is 1.44 bits per heavy atom. The Bertz CT molecular complexity index is 479. The number of hydrogen-bond donors (Lipinski definition) is 1. The van der Waals surface area contributed by atoms with Crippen LogP contribution in [-0.4, -0.2) is 25.0 Å². The lowest BCUT2D eigenvalue weighted by Crippen LogP contribution is -2.14. The molecule has 3 nitrogen and oxygen atoms in total. The average Bonchev–Trinajstić information content (AvgIpc) is 2.58. The van der Waals surface area contributed by atoms with Crippen molar-refractivity contribution in [2.24, 2.45) is 5.92 Å². The zero-order chi connectivity index (χ0) is 11.8. The number of rotatable bonds is 2. The summed E-state index contributed by atoms with van der Waals surface area (Å²) < 4.78 is 22.7. The van der Waals surface area contributed by atoms with Crippen LogP contribution in [0, 0.1) is 12.8 Å². The van der Waals surface area contributed by atoms with E-state index in [-0.39, 0.29) is 17.4 Å². The predicted molar refractivity (Wildman–Crippen MR) is 62.9 cm³/mol. The molecular weight excluding hydrogens is 224 g/mol. The van der Waals surface area contributed by atoms with Crippen LogP contribution in [0.3, 0.4) is 0 Å². The van der Waals surface area contributed by atoms with Crippen LogP contribution in [0.1, 0.15) is 23.7 Å². The standard InChI is InChI=1S/C12H16O3S/c1-9-3-2-4-10(7-9)12(13)11-5-6-16(14,15)8-11/h2-4,7,11-13H,5-6,8H2,1H3. The van der Waals surface area contributed by atoms with E-state index in [0.29, 0.717) is 6.42 Å². The monoisotopic (exact) mass is 240 g/mol.